The molecule has 1 N–H and O–H groups in total. The molecule has 2 nitrogen and oxygen atoms in total. The van der Waals surface area contributed by atoms with E-state index in [2.05, 4.69) is 44.3 Å². The minimum atomic E-state index is -0.128. The average molecular weight is 259 g/mol. The van der Waals surface area contributed by atoms with Crippen molar-refractivity contribution in [3.05, 3.63) is 34.9 Å². The fourth-order valence-electron chi connectivity index (χ4n) is 2.99. The summed E-state index contributed by atoms with van der Waals surface area (Å²) in [4.78, 5) is 12.7. The first-order valence-corrected chi connectivity index (χ1v) is 7.37. The van der Waals surface area contributed by atoms with E-state index in [4.69, 9.17) is 0 Å². The predicted octanol–water partition coefficient (Wildman–Crippen LogP) is 3.19. The molecule has 104 valence electrons. The van der Waals surface area contributed by atoms with Crippen molar-refractivity contribution >= 4 is 5.78 Å². The summed E-state index contributed by atoms with van der Waals surface area (Å²) in [7, 11) is 0. The Kier molecular flexibility index (Phi) is 4.41. The summed E-state index contributed by atoms with van der Waals surface area (Å²) in [5.41, 5.74) is 3.60. The molecule has 1 aromatic rings. The van der Waals surface area contributed by atoms with Gasteiger partial charge < -0.3 is 5.32 Å². The molecule has 0 aliphatic carbocycles. The fourth-order valence-corrected chi connectivity index (χ4v) is 2.99. The van der Waals surface area contributed by atoms with Crippen molar-refractivity contribution in [2.45, 2.75) is 46.5 Å². The van der Waals surface area contributed by atoms with Crippen molar-refractivity contribution in [1.29, 1.82) is 0 Å². The van der Waals surface area contributed by atoms with Gasteiger partial charge in [0, 0.05) is 18.4 Å². The average Bonchev–Trinajstić information content (AvgIpc) is 2.43. The summed E-state index contributed by atoms with van der Waals surface area (Å²) in [6, 6.07) is 6.38. The molecular formula is C17H25NO. The third-order valence-corrected chi connectivity index (χ3v) is 4.68. The Morgan fingerprint density at radius 3 is 2.68 bits per heavy atom. The quantitative estimate of drug-likeness (QED) is 0.899. The summed E-state index contributed by atoms with van der Waals surface area (Å²) >= 11 is 0. The number of Topliss-reactive ketones (excluding diaryl/α,β-unsaturated/α-hetero) is 1. The number of nitrogens with one attached hydrogen (secondary N) is 1. The zero-order valence-corrected chi connectivity index (χ0v) is 12.4. The highest BCUT2D eigenvalue weighted by molar-refractivity contribution is 5.87. The number of carbonyl (C=O) groups excluding carboxylic acids is 1. The molecule has 19 heavy (non-hydrogen) atoms. The monoisotopic (exact) mass is 259 g/mol. The van der Waals surface area contributed by atoms with E-state index in [0.29, 0.717) is 12.2 Å². The lowest BCUT2D eigenvalue weighted by molar-refractivity contribution is -0.129. The van der Waals surface area contributed by atoms with Gasteiger partial charge in [0.05, 0.1) is 0 Å². The van der Waals surface area contributed by atoms with Gasteiger partial charge in [-0.15, -0.1) is 0 Å². The van der Waals surface area contributed by atoms with E-state index in [-0.39, 0.29) is 5.41 Å². The fraction of sp³-hybridized carbons (Fsp3) is 0.588. The standard InChI is InChI=1S/C17H25NO/c1-4-17(8-5-9-18-12-17)16(19)11-15-7-6-13(2)14(3)10-15/h6-7,10,18H,4-5,8-9,11-12H2,1-3H3. The van der Waals surface area contributed by atoms with Crippen molar-refractivity contribution in [3.63, 3.8) is 0 Å². The second-order valence-electron chi connectivity index (χ2n) is 5.93. The number of hydrogen-bond donors (Lipinski definition) is 1. The maximum atomic E-state index is 12.7. The Morgan fingerprint density at radius 2 is 2.11 bits per heavy atom. The van der Waals surface area contributed by atoms with Crippen LogP contribution in [0, 0.1) is 19.3 Å². The molecule has 1 saturated heterocycles. The molecule has 0 spiro atoms. The molecule has 1 atom stereocenters. The van der Waals surface area contributed by atoms with Crippen LogP contribution < -0.4 is 5.32 Å². The summed E-state index contributed by atoms with van der Waals surface area (Å²) < 4.78 is 0. The number of aryl methyl sites for hydroxylation is 2. The summed E-state index contributed by atoms with van der Waals surface area (Å²) in [6.45, 7) is 8.28. The molecule has 1 aromatic carbocycles. The molecular weight excluding hydrogens is 234 g/mol. The molecule has 0 saturated carbocycles. The van der Waals surface area contributed by atoms with Crippen LogP contribution in [0.15, 0.2) is 18.2 Å². The second kappa shape index (κ2) is 5.87. The number of ketones is 1. The summed E-state index contributed by atoms with van der Waals surface area (Å²) in [5, 5.41) is 3.39. The van der Waals surface area contributed by atoms with Crippen LogP contribution in [-0.2, 0) is 11.2 Å². The predicted molar refractivity (Wildman–Crippen MR) is 79.5 cm³/mol. The molecule has 0 radical (unpaired) electrons. The Balaban J connectivity index is 2.12. The Bertz CT molecular complexity index is 458. The van der Waals surface area contributed by atoms with Crippen LogP contribution in [0.4, 0.5) is 0 Å². The third kappa shape index (κ3) is 3.06. The molecule has 0 bridgehead atoms. The van der Waals surface area contributed by atoms with Crippen molar-refractivity contribution in [2.75, 3.05) is 13.1 Å². The molecule has 2 rings (SSSR count). The van der Waals surface area contributed by atoms with Crippen molar-refractivity contribution in [2.24, 2.45) is 5.41 Å². The van der Waals surface area contributed by atoms with Gasteiger partial charge in [0.2, 0.25) is 0 Å². The van der Waals surface area contributed by atoms with Gasteiger partial charge in [0.15, 0.2) is 0 Å². The first-order valence-electron chi connectivity index (χ1n) is 7.37. The normalized spacial score (nSPS) is 23.3. The van der Waals surface area contributed by atoms with E-state index in [0.717, 1.165) is 37.9 Å². The Labute approximate surface area is 116 Å². The highest BCUT2D eigenvalue weighted by Gasteiger charge is 2.37. The van der Waals surface area contributed by atoms with E-state index in [9.17, 15) is 4.79 Å². The summed E-state index contributed by atoms with van der Waals surface area (Å²) in [5.74, 6) is 0.408. The SMILES string of the molecule is CCC1(C(=O)Cc2ccc(C)c(C)c2)CCCNC1. The van der Waals surface area contributed by atoms with Gasteiger partial charge in [-0.05, 0) is 56.3 Å². The van der Waals surface area contributed by atoms with Crippen molar-refractivity contribution < 1.29 is 4.79 Å². The zero-order valence-electron chi connectivity index (χ0n) is 12.4. The number of carbonyl (C=O) groups is 1. The van der Waals surface area contributed by atoms with E-state index in [1.807, 2.05) is 0 Å². The van der Waals surface area contributed by atoms with Gasteiger partial charge >= 0.3 is 0 Å². The van der Waals surface area contributed by atoms with E-state index in [1.54, 1.807) is 0 Å². The lowest BCUT2D eigenvalue weighted by Gasteiger charge is -2.35. The van der Waals surface area contributed by atoms with E-state index < -0.39 is 0 Å². The summed E-state index contributed by atoms with van der Waals surface area (Å²) in [6.07, 6.45) is 3.69. The minimum absolute atomic E-state index is 0.128. The van der Waals surface area contributed by atoms with Crippen LogP contribution in [0.25, 0.3) is 0 Å². The topological polar surface area (TPSA) is 29.1 Å². The highest BCUT2D eigenvalue weighted by Crippen LogP contribution is 2.32. The van der Waals surface area contributed by atoms with Gasteiger partial charge in [-0.3, -0.25) is 4.79 Å². The lowest BCUT2D eigenvalue weighted by atomic mass is 9.73. The van der Waals surface area contributed by atoms with E-state index >= 15 is 0 Å². The van der Waals surface area contributed by atoms with Gasteiger partial charge in [-0.2, -0.15) is 0 Å². The van der Waals surface area contributed by atoms with Crippen LogP contribution >= 0.6 is 0 Å². The van der Waals surface area contributed by atoms with Crippen molar-refractivity contribution in [3.8, 4) is 0 Å². The van der Waals surface area contributed by atoms with Crippen LogP contribution in [0.1, 0.15) is 42.9 Å². The van der Waals surface area contributed by atoms with Gasteiger partial charge in [-0.25, -0.2) is 0 Å². The number of piperidine rings is 1. The minimum Gasteiger partial charge on any atom is -0.316 e. The number of rotatable bonds is 4. The van der Waals surface area contributed by atoms with Gasteiger partial charge in [-0.1, -0.05) is 25.1 Å². The molecule has 1 unspecified atom stereocenters. The Morgan fingerprint density at radius 1 is 1.32 bits per heavy atom. The van der Waals surface area contributed by atoms with E-state index in [1.165, 1.54) is 11.1 Å². The van der Waals surface area contributed by atoms with Crippen LogP contribution in [0.5, 0.6) is 0 Å². The van der Waals surface area contributed by atoms with Gasteiger partial charge in [0.25, 0.3) is 0 Å². The zero-order chi connectivity index (χ0) is 13.9. The third-order valence-electron chi connectivity index (χ3n) is 4.68. The lowest BCUT2D eigenvalue weighted by Crippen LogP contribution is -2.45. The number of hydrogen-bond acceptors (Lipinski definition) is 2. The molecule has 1 aliphatic heterocycles. The van der Waals surface area contributed by atoms with Crippen LogP contribution in [-0.4, -0.2) is 18.9 Å². The van der Waals surface area contributed by atoms with Crippen LogP contribution in [0.3, 0.4) is 0 Å². The Hall–Kier alpha value is -1.15. The maximum Gasteiger partial charge on any atom is 0.144 e. The van der Waals surface area contributed by atoms with Crippen LogP contribution in [0.2, 0.25) is 0 Å². The first kappa shape index (κ1) is 14.3. The van der Waals surface area contributed by atoms with Gasteiger partial charge in [0.1, 0.15) is 5.78 Å². The molecule has 1 heterocycles. The first-order chi connectivity index (χ1) is 9.07. The van der Waals surface area contributed by atoms with Crippen molar-refractivity contribution in [1.82, 2.24) is 5.32 Å². The molecule has 1 fully saturated rings. The second-order valence-corrected chi connectivity index (χ2v) is 5.93. The largest absolute Gasteiger partial charge is 0.316 e. The molecule has 0 amide bonds. The highest BCUT2D eigenvalue weighted by atomic mass is 16.1. The smallest absolute Gasteiger partial charge is 0.144 e. The molecule has 1 aliphatic rings. The molecule has 0 aromatic heterocycles. The maximum absolute atomic E-state index is 12.7. The molecule has 2 heteroatoms. The number of benzene rings is 1.